The largest absolute Gasteiger partial charge is 0.426 e. The summed E-state index contributed by atoms with van der Waals surface area (Å²) in [6.45, 7) is 11.9. The van der Waals surface area contributed by atoms with Crippen LogP contribution in [0.1, 0.15) is 49.3 Å². The van der Waals surface area contributed by atoms with Gasteiger partial charge in [-0.15, -0.1) is 0 Å². The number of carbonyl (C=O) groups excluding carboxylic acids is 1. The monoisotopic (exact) mass is 310 g/mol. The van der Waals surface area contributed by atoms with Crippen LogP contribution in [-0.4, -0.2) is 5.97 Å². The first kappa shape index (κ1) is 17.3. The normalized spacial score (nSPS) is 21.6. The molecule has 2 nitrogen and oxygen atoms in total. The van der Waals surface area contributed by atoms with Crippen LogP contribution in [0, 0.1) is 18.8 Å². The molecule has 0 saturated heterocycles. The van der Waals surface area contributed by atoms with Crippen LogP contribution in [0.4, 0.5) is 0 Å². The molecule has 0 heterocycles. The number of carbonyl (C=O) groups is 1. The maximum Gasteiger partial charge on any atom is 0.314 e. The predicted octanol–water partition coefficient (Wildman–Crippen LogP) is 5.53. The van der Waals surface area contributed by atoms with Crippen molar-refractivity contribution in [2.75, 3.05) is 0 Å². The van der Waals surface area contributed by atoms with E-state index in [1.807, 2.05) is 31.2 Å². The zero-order chi connectivity index (χ0) is 16.8. The predicted molar refractivity (Wildman–Crippen MR) is 96.7 cm³/mol. The Bertz CT molecular complexity index is 617. The van der Waals surface area contributed by atoms with Crippen molar-refractivity contribution in [1.29, 1.82) is 0 Å². The van der Waals surface area contributed by atoms with Crippen LogP contribution < -0.4 is 0 Å². The average molecular weight is 310 g/mol. The van der Waals surface area contributed by atoms with Crippen molar-refractivity contribution >= 4 is 18.1 Å². The van der Waals surface area contributed by atoms with Gasteiger partial charge < -0.3 is 4.74 Å². The number of hydrogen-bond acceptors (Lipinski definition) is 2. The third-order valence-electron chi connectivity index (χ3n) is 4.53. The fourth-order valence-corrected chi connectivity index (χ4v) is 2.98. The average Bonchev–Trinajstić information content (AvgIpc) is 2.56. The molecule has 1 saturated carbocycles. The summed E-state index contributed by atoms with van der Waals surface area (Å²) in [6.07, 6.45) is 9.31. The SMILES string of the molecule is C=C/C(=C\c1ccc(C)cc1C=C)OC(=O)C1CCC(C)CC1. The number of benzene rings is 1. The summed E-state index contributed by atoms with van der Waals surface area (Å²) in [5, 5.41) is 0. The lowest BCUT2D eigenvalue weighted by Crippen LogP contribution is -2.22. The Morgan fingerprint density at radius 2 is 1.87 bits per heavy atom. The summed E-state index contributed by atoms with van der Waals surface area (Å²) in [5.74, 6) is 1.11. The molecule has 0 unspecified atom stereocenters. The van der Waals surface area contributed by atoms with E-state index in [-0.39, 0.29) is 11.9 Å². The highest BCUT2D eigenvalue weighted by Crippen LogP contribution is 2.30. The number of esters is 1. The van der Waals surface area contributed by atoms with Crippen LogP contribution in [0.5, 0.6) is 0 Å². The van der Waals surface area contributed by atoms with E-state index < -0.39 is 0 Å². The molecule has 2 rings (SSSR count). The molecule has 0 bridgehead atoms. The quantitative estimate of drug-likeness (QED) is 0.406. The van der Waals surface area contributed by atoms with Gasteiger partial charge in [0.25, 0.3) is 0 Å². The first-order valence-electron chi connectivity index (χ1n) is 8.32. The third kappa shape index (κ3) is 4.69. The summed E-state index contributed by atoms with van der Waals surface area (Å²) in [7, 11) is 0. The Balaban J connectivity index is 2.12. The van der Waals surface area contributed by atoms with Crippen molar-refractivity contribution in [2.24, 2.45) is 11.8 Å². The van der Waals surface area contributed by atoms with Crippen molar-refractivity contribution in [3.05, 3.63) is 59.9 Å². The smallest absolute Gasteiger partial charge is 0.314 e. The van der Waals surface area contributed by atoms with Gasteiger partial charge in [0.05, 0.1) is 5.92 Å². The van der Waals surface area contributed by atoms with Gasteiger partial charge in [-0.2, -0.15) is 0 Å². The second kappa shape index (κ2) is 7.96. The van der Waals surface area contributed by atoms with E-state index in [2.05, 4.69) is 26.1 Å². The van der Waals surface area contributed by atoms with Gasteiger partial charge in [-0.05, 0) is 61.8 Å². The summed E-state index contributed by atoms with van der Waals surface area (Å²) in [6, 6.07) is 6.10. The lowest BCUT2D eigenvalue weighted by molar-refractivity contribution is -0.145. The molecule has 0 spiro atoms. The number of rotatable bonds is 5. The molecule has 0 atom stereocenters. The van der Waals surface area contributed by atoms with Gasteiger partial charge in [0, 0.05) is 0 Å². The molecule has 1 fully saturated rings. The molecule has 0 N–H and O–H groups in total. The van der Waals surface area contributed by atoms with Crippen LogP contribution in [0.2, 0.25) is 0 Å². The zero-order valence-corrected chi connectivity index (χ0v) is 14.2. The molecule has 1 aromatic rings. The highest BCUT2D eigenvalue weighted by Gasteiger charge is 2.26. The molecule has 0 radical (unpaired) electrons. The Morgan fingerprint density at radius 1 is 1.17 bits per heavy atom. The van der Waals surface area contributed by atoms with Crippen LogP contribution in [0.3, 0.4) is 0 Å². The first-order chi connectivity index (χ1) is 11.0. The van der Waals surface area contributed by atoms with Gasteiger partial charge in [-0.25, -0.2) is 0 Å². The van der Waals surface area contributed by atoms with E-state index in [0.717, 1.165) is 42.7 Å². The van der Waals surface area contributed by atoms with Gasteiger partial charge >= 0.3 is 5.97 Å². The van der Waals surface area contributed by atoms with Crippen LogP contribution in [0.25, 0.3) is 12.2 Å². The van der Waals surface area contributed by atoms with Crippen LogP contribution in [-0.2, 0) is 9.53 Å². The summed E-state index contributed by atoms with van der Waals surface area (Å²) < 4.78 is 5.58. The van der Waals surface area contributed by atoms with E-state index in [1.165, 1.54) is 5.56 Å². The summed E-state index contributed by atoms with van der Waals surface area (Å²) in [5.41, 5.74) is 3.17. The molecule has 2 heteroatoms. The van der Waals surface area contributed by atoms with Crippen molar-refractivity contribution in [3.8, 4) is 0 Å². The minimum atomic E-state index is -0.129. The Kier molecular flexibility index (Phi) is 5.97. The van der Waals surface area contributed by atoms with Gasteiger partial charge in [-0.1, -0.05) is 49.9 Å². The minimum Gasteiger partial charge on any atom is -0.426 e. The van der Waals surface area contributed by atoms with Crippen LogP contribution in [0.15, 0.2) is 43.2 Å². The van der Waals surface area contributed by atoms with Crippen molar-refractivity contribution < 1.29 is 9.53 Å². The van der Waals surface area contributed by atoms with Crippen LogP contribution >= 0.6 is 0 Å². The van der Waals surface area contributed by atoms with Gasteiger partial charge in [0.15, 0.2) is 0 Å². The number of hydrogen-bond donors (Lipinski definition) is 0. The highest BCUT2D eigenvalue weighted by molar-refractivity contribution is 5.76. The molecule has 0 aliphatic heterocycles. The van der Waals surface area contributed by atoms with Gasteiger partial charge in [0.2, 0.25) is 0 Å². The maximum atomic E-state index is 12.3. The van der Waals surface area contributed by atoms with E-state index in [1.54, 1.807) is 6.08 Å². The van der Waals surface area contributed by atoms with Gasteiger partial charge in [-0.3, -0.25) is 4.79 Å². The summed E-state index contributed by atoms with van der Waals surface area (Å²) in [4.78, 5) is 12.3. The zero-order valence-electron chi connectivity index (χ0n) is 14.2. The minimum absolute atomic E-state index is 0.0199. The van der Waals surface area contributed by atoms with E-state index >= 15 is 0 Å². The molecule has 122 valence electrons. The molecule has 1 aromatic carbocycles. The molecule has 0 amide bonds. The summed E-state index contributed by atoms with van der Waals surface area (Å²) >= 11 is 0. The van der Waals surface area contributed by atoms with Crippen molar-refractivity contribution in [3.63, 3.8) is 0 Å². The third-order valence-corrected chi connectivity index (χ3v) is 4.53. The molecular formula is C21H26O2. The molecular weight excluding hydrogens is 284 g/mol. The standard InChI is InChI=1S/C21H26O2/c1-5-17-13-16(4)9-12-19(17)14-20(6-2)23-21(22)18-10-7-15(3)8-11-18/h5-6,9,12-15,18H,1-2,7-8,10-11H2,3-4H3/b20-14+. The second-order valence-corrected chi connectivity index (χ2v) is 6.47. The topological polar surface area (TPSA) is 26.3 Å². The highest BCUT2D eigenvalue weighted by atomic mass is 16.5. The molecule has 1 aliphatic carbocycles. The number of ether oxygens (including phenoxy) is 1. The lowest BCUT2D eigenvalue weighted by atomic mass is 9.83. The van der Waals surface area contributed by atoms with Gasteiger partial charge in [0.1, 0.15) is 5.76 Å². The maximum absolute atomic E-state index is 12.3. The Morgan fingerprint density at radius 3 is 2.48 bits per heavy atom. The Labute approximate surface area is 139 Å². The van der Waals surface area contributed by atoms with E-state index in [9.17, 15) is 4.79 Å². The molecule has 0 aromatic heterocycles. The first-order valence-corrected chi connectivity index (χ1v) is 8.32. The number of aryl methyl sites for hydroxylation is 1. The van der Waals surface area contributed by atoms with E-state index in [4.69, 9.17) is 4.74 Å². The van der Waals surface area contributed by atoms with Crippen molar-refractivity contribution in [1.82, 2.24) is 0 Å². The lowest BCUT2D eigenvalue weighted by Gasteiger charge is -2.24. The van der Waals surface area contributed by atoms with E-state index in [0.29, 0.717) is 5.76 Å². The second-order valence-electron chi connectivity index (χ2n) is 6.47. The fraction of sp³-hybridized carbons (Fsp3) is 0.381. The Hall–Kier alpha value is -2.09. The fourth-order valence-electron chi connectivity index (χ4n) is 2.98. The van der Waals surface area contributed by atoms with Crippen molar-refractivity contribution in [2.45, 2.75) is 39.5 Å². The molecule has 23 heavy (non-hydrogen) atoms. The number of allylic oxidation sites excluding steroid dienone is 1. The molecule has 1 aliphatic rings.